The van der Waals surface area contributed by atoms with Gasteiger partial charge in [0.2, 0.25) is 0 Å². The molecule has 2 atom stereocenters. The number of carbonyl (C=O) groups is 2. The average Bonchev–Trinajstić information content (AvgIpc) is 2.81. The molecule has 0 aromatic heterocycles. The molecule has 20 heavy (non-hydrogen) atoms. The molecule has 1 saturated carbocycles. The van der Waals surface area contributed by atoms with Crippen LogP contribution in [0.5, 0.6) is 0 Å². The topological polar surface area (TPSA) is 78.4 Å². The predicted molar refractivity (Wildman–Crippen MR) is 79.8 cm³/mol. The van der Waals surface area contributed by atoms with Crippen LogP contribution in [0, 0.1) is 12.8 Å². The second-order valence-electron chi connectivity index (χ2n) is 5.13. The normalized spacial score (nSPS) is 21.5. The molecule has 0 unspecified atom stereocenters. The van der Waals surface area contributed by atoms with Gasteiger partial charge in [-0.15, -0.1) is 0 Å². The van der Waals surface area contributed by atoms with Crippen molar-refractivity contribution >= 4 is 33.6 Å². The van der Waals surface area contributed by atoms with Crippen LogP contribution < -0.4 is 10.6 Å². The minimum atomic E-state index is -0.781. The van der Waals surface area contributed by atoms with Crippen molar-refractivity contribution in [2.45, 2.75) is 32.2 Å². The summed E-state index contributed by atoms with van der Waals surface area (Å²) in [6, 6.07) is 5.29. The van der Waals surface area contributed by atoms with Gasteiger partial charge >= 0.3 is 12.0 Å². The van der Waals surface area contributed by atoms with E-state index in [1.54, 1.807) is 0 Å². The molecule has 2 rings (SSSR count). The van der Waals surface area contributed by atoms with Crippen LogP contribution in [-0.2, 0) is 4.79 Å². The van der Waals surface area contributed by atoms with Crippen LogP contribution in [0.3, 0.4) is 0 Å². The highest BCUT2D eigenvalue weighted by atomic mass is 79.9. The van der Waals surface area contributed by atoms with Crippen molar-refractivity contribution in [2.75, 3.05) is 5.32 Å². The van der Waals surface area contributed by atoms with E-state index >= 15 is 0 Å². The van der Waals surface area contributed by atoms with Crippen LogP contribution in [-0.4, -0.2) is 23.1 Å². The first-order valence-electron chi connectivity index (χ1n) is 6.52. The van der Waals surface area contributed by atoms with Gasteiger partial charge in [0.05, 0.1) is 11.6 Å². The zero-order valence-corrected chi connectivity index (χ0v) is 12.7. The molecule has 0 radical (unpaired) electrons. The maximum Gasteiger partial charge on any atom is 0.319 e. The lowest BCUT2D eigenvalue weighted by Crippen LogP contribution is -2.36. The Balaban J connectivity index is 1.88. The first kappa shape index (κ1) is 14.8. The SMILES string of the molecule is Cc1ccc(NC(=O)N[C@H]2CC[C@@H](C(=O)O)C2)c(Br)c1. The highest BCUT2D eigenvalue weighted by Crippen LogP contribution is 2.26. The van der Waals surface area contributed by atoms with E-state index in [9.17, 15) is 9.59 Å². The van der Waals surface area contributed by atoms with Crippen molar-refractivity contribution in [1.29, 1.82) is 0 Å². The molecule has 1 aromatic carbocycles. The van der Waals surface area contributed by atoms with E-state index in [1.165, 1.54) is 0 Å². The number of benzene rings is 1. The van der Waals surface area contributed by atoms with Crippen LogP contribution >= 0.6 is 15.9 Å². The molecule has 0 saturated heterocycles. The number of urea groups is 1. The van der Waals surface area contributed by atoms with E-state index in [2.05, 4.69) is 26.6 Å². The molecule has 1 aromatic rings. The Morgan fingerprint density at radius 1 is 1.35 bits per heavy atom. The number of carboxylic acid groups (broad SMARTS) is 1. The maximum absolute atomic E-state index is 11.9. The fourth-order valence-corrected chi connectivity index (χ4v) is 2.99. The van der Waals surface area contributed by atoms with Gasteiger partial charge < -0.3 is 15.7 Å². The van der Waals surface area contributed by atoms with Gasteiger partial charge in [-0.3, -0.25) is 4.79 Å². The standard InChI is InChI=1S/C14H17BrN2O3/c1-8-2-5-12(11(15)6-8)17-14(20)16-10-4-3-9(7-10)13(18)19/h2,5-6,9-10H,3-4,7H2,1H3,(H,18,19)(H2,16,17,20)/t9-,10+/m1/s1. The fraction of sp³-hybridized carbons (Fsp3) is 0.429. The number of halogens is 1. The van der Waals surface area contributed by atoms with Crippen LogP contribution in [0.1, 0.15) is 24.8 Å². The number of hydrogen-bond donors (Lipinski definition) is 3. The number of amides is 2. The molecule has 1 fully saturated rings. The van der Waals surface area contributed by atoms with Crippen LogP contribution in [0.4, 0.5) is 10.5 Å². The first-order valence-corrected chi connectivity index (χ1v) is 7.31. The summed E-state index contributed by atoms with van der Waals surface area (Å²) in [6.45, 7) is 1.97. The molecule has 1 aliphatic carbocycles. The number of carbonyl (C=O) groups excluding carboxylic acids is 1. The van der Waals surface area contributed by atoms with Gasteiger partial charge in [-0.05, 0) is 59.8 Å². The number of anilines is 1. The minimum Gasteiger partial charge on any atom is -0.481 e. The lowest BCUT2D eigenvalue weighted by Gasteiger charge is -2.14. The fourth-order valence-electron chi connectivity index (χ4n) is 2.40. The van der Waals surface area contributed by atoms with Gasteiger partial charge in [0.15, 0.2) is 0 Å². The quantitative estimate of drug-likeness (QED) is 0.790. The second kappa shape index (κ2) is 6.26. The summed E-state index contributed by atoms with van der Waals surface area (Å²) in [6.07, 6.45) is 1.83. The van der Waals surface area contributed by atoms with Gasteiger partial charge in [0.1, 0.15) is 0 Å². The Hall–Kier alpha value is -1.56. The number of nitrogens with one attached hydrogen (secondary N) is 2. The van der Waals surface area contributed by atoms with Gasteiger partial charge in [0.25, 0.3) is 0 Å². The monoisotopic (exact) mass is 340 g/mol. The molecular formula is C14H17BrN2O3. The molecular weight excluding hydrogens is 324 g/mol. The third-order valence-electron chi connectivity index (χ3n) is 3.49. The predicted octanol–water partition coefficient (Wildman–Crippen LogP) is 3.13. The highest BCUT2D eigenvalue weighted by molar-refractivity contribution is 9.10. The Morgan fingerprint density at radius 3 is 2.70 bits per heavy atom. The van der Waals surface area contributed by atoms with E-state index in [1.807, 2.05) is 25.1 Å². The highest BCUT2D eigenvalue weighted by Gasteiger charge is 2.30. The van der Waals surface area contributed by atoms with Crippen molar-refractivity contribution in [2.24, 2.45) is 5.92 Å². The Bertz CT molecular complexity index is 533. The average molecular weight is 341 g/mol. The zero-order valence-electron chi connectivity index (χ0n) is 11.1. The zero-order chi connectivity index (χ0) is 14.7. The minimum absolute atomic E-state index is 0.0691. The molecule has 3 N–H and O–H groups in total. The number of rotatable bonds is 3. The van der Waals surface area contributed by atoms with E-state index in [4.69, 9.17) is 5.11 Å². The maximum atomic E-state index is 11.9. The largest absolute Gasteiger partial charge is 0.481 e. The van der Waals surface area contributed by atoms with Gasteiger partial charge in [-0.2, -0.15) is 0 Å². The van der Waals surface area contributed by atoms with Crippen molar-refractivity contribution in [3.8, 4) is 0 Å². The molecule has 0 bridgehead atoms. The van der Waals surface area contributed by atoms with E-state index < -0.39 is 5.97 Å². The van der Waals surface area contributed by atoms with E-state index in [0.717, 1.165) is 10.0 Å². The molecule has 0 aliphatic heterocycles. The number of aliphatic carboxylic acids is 1. The van der Waals surface area contributed by atoms with Crippen LogP contribution in [0.2, 0.25) is 0 Å². The summed E-state index contributed by atoms with van der Waals surface area (Å²) in [7, 11) is 0. The summed E-state index contributed by atoms with van der Waals surface area (Å²) in [5.74, 6) is -1.12. The second-order valence-corrected chi connectivity index (χ2v) is 5.98. The summed E-state index contributed by atoms with van der Waals surface area (Å²) in [5, 5.41) is 14.5. The third kappa shape index (κ3) is 3.72. The summed E-state index contributed by atoms with van der Waals surface area (Å²) >= 11 is 3.40. The summed E-state index contributed by atoms with van der Waals surface area (Å²) < 4.78 is 0.822. The lowest BCUT2D eigenvalue weighted by molar-refractivity contribution is -0.141. The Morgan fingerprint density at radius 2 is 2.10 bits per heavy atom. The molecule has 6 heteroatoms. The van der Waals surface area contributed by atoms with Crippen molar-refractivity contribution < 1.29 is 14.7 Å². The Kier molecular flexibility index (Phi) is 4.65. The van der Waals surface area contributed by atoms with Crippen molar-refractivity contribution in [3.63, 3.8) is 0 Å². The number of aryl methyl sites for hydroxylation is 1. The van der Waals surface area contributed by atoms with Crippen LogP contribution in [0.25, 0.3) is 0 Å². The van der Waals surface area contributed by atoms with Crippen molar-refractivity contribution in [3.05, 3.63) is 28.2 Å². The summed E-state index contributed by atoms with van der Waals surface area (Å²) in [4.78, 5) is 22.8. The third-order valence-corrected chi connectivity index (χ3v) is 4.15. The number of hydrogen-bond acceptors (Lipinski definition) is 2. The van der Waals surface area contributed by atoms with Gasteiger partial charge in [-0.25, -0.2) is 4.79 Å². The molecule has 0 heterocycles. The lowest BCUT2D eigenvalue weighted by atomic mass is 10.1. The van der Waals surface area contributed by atoms with Gasteiger partial charge in [-0.1, -0.05) is 6.07 Å². The molecule has 2 amide bonds. The summed E-state index contributed by atoms with van der Waals surface area (Å²) in [5.41, 5.74) is 1.80. The van der Waals surface area contributed by atoms with Gasteiger partial charge in [0, 0.05) is 10.5 Å². The van der Waals surface area contributed by atoms with E-state index in [-0.39, 0.29) is 18.0 Å². The molecule has 0 spiro atoms. The molecule has 5 nitrogen and oxygen atoms in total. The molecule has 108 valence electrons. The van der Waals surface area contributed by atoms with Crippen LogP contribution in [0.15, 0.2) is 22.7 Å². The van der Waals surface area contributed by atoms with Crippen molar-refractivity contribution in [1.82, 2.24) is 5.32 Å². The smallest absolute Gasteiger partial charge is 0.319 e. The number of carboxylic acids is 1. The molecule has 1 aliphatic rings. The Labute approximate surface area is 125 Å². The van der Waals surface area contributed by atoms with E-state index in [0.29, 0.717) is 24.9 Å². The first-order chi connectivity index (χ1) is 9.45.